The molecule has 0 spiro atoms. The summed E-state index contributed by atoms with van der Waals surface area (Å²) in [5.41, 5.74) is 1.05. The van der Waals surface area contributed by atoms with Crippen LogP contribution in [0.4, 0.5) is 10.1 Å². The molecule has 5 nitrogen and oxygen atoms in total. The Bertz CT molecular complexity index is 749. The van der Waals surface area contributed by atoms with Gasteiger partial charge in [-0.1, -0.05) is 12.8 Å². The molecule has 2 aliphatic rings. The van der Waals surface area contributed by atoms with E-state index >= 15 is 0 Å². The highest BCUT2D eigenvalue weighted by Gasteiger charge is 2.29. The Morgan fingerprint density at radius 1 is 1.11 bits per heavy atom. The summed E-state index contributed by atoms with van der Waals surface area (Å²) in [5.74, 6) is 1.03. The number of hydrogen-bond acceptors (Lipinski definition) is 4. The number of amides is 1. The minimum Gasteiger partial charge on any atom is -0.468 e. The number of halogens is 1. The fourth-order valence-corrected chi connectivity index (χ4v) is 4.36. The Balaban J connectivity index is 1.37. The largest absolute Gasteiger partial charge is 0.468 e. The maximum absolute atomic E-state index is 13.2. The number of carbonyl (C=O) groups excluding carboxylic acids is 1. The van der Waals surface area contributed by atoms with Gasteiger partial charge in [-0.3, -0.25) is 9.69 Å². The molecule has 1 amide bonds. The number of carbonyl (C=O) groups is 1. The van der Waals surface area contributed by atoms with Gasteiger partial charge in [0.05, 0.1) is 12.3 Å². The first-order chi connectivity index (χ1) is 13.7. The molecule has 2 fully saturated rings. The van der Waals surface area contributed by atoms with Crippen LogP contribution < -0.4 is 10.2 Å². The Morgan fingerprint density at radius 3 is 2.46 bits per heavy atom. The fraction of sp³-hybridized carbons (Fsp3) is 0.500. The fourth-order valence-electron chi connectivity index (χ4n) is 4.36. The third kappa shape index (κ3) is 4.38. The van der Waals surface area contributed by atoms with Crippen molar-refractivity contribution in [2.45, 2.75) is 31.7 Å². The van der Waals surface area contributed by atoms with Crippen LogP contribution in [-0.2, 0) is 4.79 Å². The molecule has 0 radical (unpaired) electrons. The van der Waals surface area contributed by atoms with Gasteiger partial charge in [-0.2, -0.15) is 0 Å². The van der Waals surface area contributed by atoms with Gasteiger partial charge >= 0.3 is 0 Å². The molecule has 2 heterocycles. The topological polar surface area (TPSA) is 48.7 Å². The number of anilines is 1. The molecule has 1 aliphatic carbocycles. The van der Waals surface area contributed by atoms with Gasteiger partial charge in [0.15, 0.2) is 0 Å². The molecule has 1 atom stereocenters. The molecule has 1 N–H and O–H groups in total. The zero-order valence-electron chi connectivity index (χ0n) is 16.1. The van der Waals surface area contributed by atoms with E-state index in [4.69, 9.17) is 4.42 Å². The van der Waals surface area contributed by atoms with Crippen molar-refractivity contribution in [2.24, 2.45) is 5.92 Å². The van der Waals surface area contributed by atoms with Crippen LogP contribution in [0.25, 0.3) is 0 Å². The third-order valence-corrected chi connectivity index (χ3v) is 6.01. The summed E-state index contributed by atoms with van der Waals surface area (Å²) < 4.78 is 18.9. The number of benzene rings is 1. The maximum Gasteiger partial charge on any atom is 0.223 e. The van der Waals surface area contributed by atoms with Crippen LogP contribution in [0.1, 0.15) is 37.5 Å². The van der Waals surface area contributed by atoms with E-state index < -0.39 is 0 Å². The van der Waals surface area contributed by atoms with E-state index in [2.05, 4.69) is 15.1 Å². The summed E-state index contributed by atoms with van der Waals surface area (Å²) in [4.78, 5) is 17.1. The SMILES string of the molecule is O=C(NCC(c1ccco1)N1CCN(c2ccc(F)cc2)CC1)C1CCCC1. The first kappa shape index (κ1) is 19.0. The molecular weight excluding hydrogens is 357 g/mol. The van der Waals surface area contributed by atoms with E-state index in [0.29, 0.717) is 6.54 Å². The highest BCUT2D eigenvalue weighted by molar-refractivity contribution is 5.78. The van der Waals surface area contributed by atoms with Gasteiger partial charge in [-0.05, 0) is 49.2 Å². The van der Waals surface area contributed by atoms with Crippen LogP contribution in [0.15, 0.2) is 47.1 Å². The number of nitrogens with zero attached hydrogens (tertiary/aromatic N) is 2. The molecule has 1 aromatic heterocycles. The lowest BCUT2D eigenvalue weighted by Crippen LogP contribution is -2.50. The maximum atomic E-state index is 13.2. The summed E-state index contributed by atoms with van der Waals surface area (Å²) in [7, 11) is 0. The highest BCUT2D eigenvalue weighted by Crippen LogP contribution is 2.27. The van der Waals surface area contributed by atoms with Crippen LogP contribution in [0.3, 0.4) is 0 Å². The van der Waals surface area contributed by atoms with Crippen LogP contribution in [0, 0.1) is 11.7 Å². The van der Waals surface area contributed by atoms with Crippen molar-refractivity contribution in [3.05, 3.63) is 54.2 Å². The zero-order chi connectivity index (χ0) is 19.3. The molecule has 0 bridgehead atoms. The van der Waals surface area contributed by atoms with E-state index in [1.54, 1.807) is 6.26 Å². The number of piperazine rings is 1. The predicted octanol–water partition coefficient (Wildman–Crippen LogP) is 3.59. The van der Waals surface area contributed by atoms with Crippen molar-refractivity contribution in [1.82, 2.24) is 10.2 Å². The van der Waals surface area contributed by atoms with Crippen molar-refractivity contribution in [3.8, 4) is 0 Å². The molecule has 1 saturated heterocycles. The van der Waals surface area contributed by atoms with E-state index in [9.17, 15) is 9.18 Å². The molecule has 28 heavy (non-hydrogen) atoms. The first-order valence-corrected chi connectivity index (χ1v) is 10.3. The smallest absolute Gasteiger partial charge is 0.223 e. The van der Waals surface area contributed by atoms with Crippen molar-refractivity contribution in [3.63, 3.8) is 0 Å². The zero-order valence-corrected chi connectivity index (χ0v) is 16.1. The number of furan rings is 1. The van der Waals surface area contributed by atoms with Crippen LogP contribution in [-0.4, -0.2) is 43.5 Å². The van der Waals surface area contributed by atoms with Gasteiger partial charge in [0.25, 0.3) is 0 Å². The number of rotatable bonds is 6. The number of nitrogens with one attached hydrogen (secondary N) is 1. The molecule has 1 aromatic carbocycles. The van der Waals surface area contributed by atoms with Crippen molar-refractivity contribution in [1.29, 1.82) is 0 Å². The van der Waals surface area contributed by atoms with Gasteiger partial charge in [0, 0.05) is 44.3 Å². The molecule has 4 rings (SSSR count). The third-order valence-electron chi connectivity index (χ3n) is 6.01. The average molecular weight is 385 g/mol. The Hall–Kier alpha value is -2.34. The summed E-state index contributed by atoms with van der Waals surface area (Å²) in [5, 5.41) is 3.16. The minimum atomic E-state index is -0.210. The second-order valence-corrected chi connectivity index (χ2v) is 7.76. The van der Waals surface area contributed by atoms with E-state index in [-0.39, 0.29) is 23.7 Å². The summed E-state index contributed by atoms with van der Waals surface area (Å²) >= 11 is 0. The quantitative estimate of drug-likeness (QED) is 0.826. The number of hydrogen-bond donors (Lipinski definition) is 1. The monoisotopic (exact) mass is 385 g/mol. The summed E-state index contributed by atoms with van der Waals surface area (Å²) in [6.45, 7) is 4.02. The molecule has 1 unspecified atom stereocenters. The van der Waals surface area contributed by atoms with Crippen molar-refractivity contribution >= 4 is 11.6 Å². The second kappa shape index (κ2) is 8.78. The van der Waals surface area contributed by atoms with Crippen LogP contribution in [0.2, 0.25) is 0 Å². The highest BCUT2D eigenvalue weighted by atomic mass is 19.1. The molecule has 1 saturated carbocycles. The Labute approximate surface area is 165 Å². The lowest BCUT2D eigenvalue weighted by Gasteiger charge is -2.39. The van der Waals surface area contributed by atoms with Crippen molar-refractivity contribution in [2.75, 3.05) is 37.6 Å². The Kier molecular flexibility index (Phi) is 5.95. The summed E-state index contributed by atoms with van der Waals surface area (Å²) in [6, 6.07) is 10.6. The first-order valence-electron chi connectivity index (χ1n) is 10.3. The molecular formula is C22H28FN3O2. The normalized spacial score (nSPS) is 19.7. The lowest BCUT2D eigenvalue weighted by molar-refractivity contribution is -0.125. The molecule has 150 valence electrons. The minimum absolute atomic E-state index is 0.0377. The van der Waals surface area contributed by atoms with E-state index in [1.165, 1.54) is 12.1 Å². The lowest BCUT2D eigenvalue weighted by atomic mass is 10.1. The van der Waals surface area contributed by atoms with Gasteiger partial charge in [0.2, 0.25) is 5.91 Å². The van der Waals surface area contributed by atoms with Crippen molar-refractivity contribution < 1.29 is 13.6 Å². The van der Waals surface area contributed by atoms with E-state index in [0.717, 1.165) is 63.3 Å². The molecule has 6 heteroatoms. The molecule has 2 aromatic rings. The Morgan fingerprint density at radius 2 is 1.82 bits per heavy atom. The van der Waals surface area contributed by atoms with Gasteiger partial charge < -0.3 is 14.6 Å². The van der Waals surface area contributed by atoms with Gasteiger partial charge in [-0.25, -0.2) is 4.39 Å². The molecule has 1 aliphatic heterocycles. The van der Waals surface area contributed by atoms with Crippen LogP contribution in [0.5, 0.6) is 0 Å². The summed E-state index contributed by atoms with van der Waals surface area (Å²) in [6.07, 6.45) is 6.02. The van der Waals surface area contributed by atoms with Gasteiger partial charge in [0.1, 0.15) is 11.6 Å². The predicted molar refractivity (Wildman–Crippen MR) is 107 cm³/mol. The van der Waals surface area contributed by atoms with Gasteiger partial charge in [-0.15, -0.1) is 0 Å². The standard InChI is InChI=1S/C22H28FN3O2/c23-18-7-9-19(10-8-18)25-11-13-26(14-12-25)20(21-6-3-15-28-21)16-24-22(27)17-4-1-2-5-17/h3,6-10,15,17,20H,1-2,4-5,11-14,16H2,(H,24,27). The van der Waals surface area contributed by atoms with Crippen LogP contribution >= 0.6 is 0 Å². The average Bonchev–Trinajstić information content (AvgIpc) is 3.44. The van der Waals surface area contributed by atoms with E-state index in [1.807, 2.05) is 24.3 Å². The second-order valence-electron chi connectivity index (χ2n) is 7.76.